The summed E-state index contributed by atoms with van der Waals surface area (Å²) in [5.41, 5.74) is 2.53. The molecule has 0 atom stereocenters. The number of hydrogen-bond acceptors (Lipinski definition) is 2. The number of alkyl halides is 1. The predicted octanol–water partition coefficient (Wildman–Crippen LogP) is 3.57. The minimum Gasteiger partial charge on any atom is -0.313 e. The van der Waals surface area contributed by atoms with Crippen LogP contribution < -0.4 is 0 Å². The summed E-state index contributed by atoms with van der Waals surface area (Å²) in [5, 5.41) is 8.47. The van der Waals surface area contributed by atoms with Crippen molar-refractivity contribution in [2.45, 2.75) is 39.6 Å². The van der Waals surface area contributed by atoms with E-state index in [0.29, 0.717) is 11.8 Å². The summed E-state index contributed by atoms with van der Waals surface area (Å²) >= 11 is 5.93. The van der Waals surface area contributed by atoms with Crippen molar-refractivity contribution in [2.75, 3.05) is 0 Å². The van der Waals surface area contributed by atoms with Crippen LogP contribution in [0.5, 0.6) is 0 Å². The highest BCUT2D eigenvalue weighted by Gasteiger charge is 2.12. The Kier molecular flexibility index (Phi) is 4.59. The van der Waals surface area contributed by atoms with Gasteiger partial charge in [0.05, 0.1) is 5.88 Å². The number of benzene rings is 1. The summed E-state index contributed by atoms with van der Waals surface area (Å²) in [7, 11) is 0. The number of rotatable bonds is 5. The van der Waals surface area contributed by atoms with E-state index in [0.717, 1.165) is 24.6 Å². The molecule has 0 N–H and O–H groups in total. The van der Waals surface area contributed by atoms with Crippen molar-refractivity contribution in [1.82, 2.24) is 14.8 Å². The summed E-state index contributed by atoms with van der Waals surface area (Å²) in [6.45, 7) is 7.38. The lowest BCUT2D eigenvalue weighted by molar-refractivity contribution is 0.499. The van der Waals surface area contributed by atoms with Gasteiger partial charge >= 0.3 is 0 Å². The van der Waals surface area contributed by atoms with E-state index in [1.807, 2.05) is 0 Å². The highest BCUT2D eigenvalue weighted by Crippen LogP contribution is 2.14. The van der Waals surface area contributed by atoms with Crippen molar-refractivity contribution >= 4 is 11.6 Å². The van der Waals surface area contributed by atoms with E-state index in [1.54, 1.807) is 0 Å². The molecule has 1 heterocycles. The van der Waals surface area contributed by atoms with Gasteiger partial charge in [0, 0.05) is 13.0 Å². The summed E-state index contributed by atoms with van der Waals surface area (Å²) in [4.78, 5) is 0. The standard InChI is InChI=1S/C15H20ClN3/c1-11(2)10-19-14(17-18-15(19)9-16)8-13-6-4-12(3)5-7-13/h4-7,11H,8-10H2,1-3H3. The van der Waals surface area contributed by atoms with E-state index in [4.69, 9.17) is 11.6 Å². The van der Waals surface area contributed by atoms with Gasteiger partial charge in [0.2, 0.25) is 0 Å². The first-order valence-corrected chi connectivity index (χ1v) is 7.16. The Hall–Kier alpha value is -1.35. The lowest BCUT2D eigenvalue weighted by Crippen LogP contribution is -2.11. The van der Waals surface area contributed by atoms with Gasteiger partial charge in [-0.3, -0.25) is 0 Å². The molecular weight excluding hydrogens is 258 g/mol. The average molecular weight is 278 g/mol. The Bertz CT molecular complexity index is 529. The third kappa shape index (κ3) is 3.57. The third-order valence-corrected chi connectivity index (χ3v) is 3.29. The maximum absolute atomic E-state index is 5.93. The zero-order valence-electron chi connectivity index (χ0n) is 11.7. The Morgan fingerprint density at radius 3 is 2.32 bits per heavy atom. The van der Waals surface area contributed by atoms with Crippen LogP contribution in [0.25, 0.3) is 0 Å². The molecule has 1 aromatic carbocycles. The van der Waals surface area contributed by atoms with E-state index in [9.17, 15) is 0 Å². The molecule has 0 aliphatic carbocycles. The SMILES string of the molecule is Cc1ccc(Cc2nnc(CCl)n2CC(C)C)cc1. The molecule has 0 bridgehead atoms. The van der Waals surface area contributed by atoms with Gasteiger partial charge in [0.1, 0.15) is 11.6 Å². The van der Waals surface area contributed by atoms with Gasteiger partial charge in [-0.1, -0.05) is 43.7 Å². The van der Waals surface area contributed by atoms with Gasteiger partial charge in [-0.15, -0.1) is 21.8 Å². The maximum atomic E-state index is 5.93. The molecule has 0 fully saturated rings. The van der Waals surface area contributed by atoms with Crippen LogP contribution >= 0.6 is 11.6 Å². The molecule has 19 heavy (non-hydrogen) atoms. The molecule has 0 unspecified atom stereocenters. The Morgan fingerprint density at radius 1 is 1.11 bits per heavy atom. The van der Waals surface area contributed by atoms with E-state index in [2.05, 4.69) is 59.8 Å². The summed E-state index contributed by atoms with van der Waals surface area (Å²) in [6.07, 6.45) is 0.802. The topological polar surface area (TPSA) is 30.7 Å². The fraction of sp³-hybridized carbons (Fsp3) is 0.467. The van der Waals surface area contributed by atoms with Crippen molar-refractivity contribution in [3.8, 4) is 0 Å². The van der Waals surface area contributed by atoms with Crippen molar-refractivity contribution in [2.24, 2.45) is 5.92 Å². The van der Waals surface area contributed by atoms with Gasteiger partial charge in [0.25, 0.3) is 0 Å². The number of aromatic nitrogens is 3. The van der Waals surface area contributed by atoms with Crippen molar-refractivity contribution in [3.05, 3.63) is 47.0 Å². The van der Waals surface area contributed by atoms with Crippen LogP contribution in [0.1, 0.15) is 36.6 Å². The molecule has 0 amide bonds. The largest absolute Gasteiger partial charge is 0.313 e. The molecule has 0 radical (unpaired) electrons. The van der Waals surface area contributed by atoms with E-state index in [1.165, 1.54) is 11.1 Å². The fourth-order valence-corrected chi connectivity index (χ4v) is 2.26. The lowest BCUT2D eigenvalue weighted by Gasteiger charge is -2.11. The van der Waals surface area contributed by atoms with Gasteiger partial charge in [-0.05, 0) is 18.4 Å². The number of nitrogens with zero attached hydrogens (tertiary/aromatic N) is 3. The van der Waals surface area contributed by atoms with Gasteiger partial charge in [-0.25, -0.2) is 0 Å². The summed E-state index contributed by atoms with van der Waals surface area (Å²) in [5.74, 6) is 2.81. The van der Waals surface area contributed by atoms with Crippen LogP contribution in [-0.4, -0.2) is 14.8 Å². The second kappa shape index (κ2) is 6.20. The second-order valence-electron chi connectivity index (χ2n) is 5.33. The highest BCUT2D eigenvalue weighted by molar-refractivity contribution is 6.16. The Balaban J connectivity index is 2.24. The monoisotopic (exact) mass is 277 g/mol. The zero-order chi connectivity index (χ0) is 13.8. The zero-order valence-corrected chi connectivity index (χ0v) is 12.5. The summed E-state index contributed by atoms with van der Waals surface area (Å²) < 4.78 is 2.15. The molecule has 0 spiro atoms. The normalized spacial score (nSPS) is 11.2. The third-order valence-electron chi connectivity index (χ3n) is 3.05. The molecular formula is C15H20ClN3. The van der Waals surface area contributed by atoms with Crippen molar-refractivity contribution in [1.29, 1.82) is 0 Å². The second-order valence-corrected chi connectivity index (χ2v) is 5.60. The quantitative estimate of drug-likeness (QED) is 0.782. The van der Waals surface area contributed by atoms with Gasteiger partial charge in [-0.2, -0.15) is 0 Å². The van der Waals surface area contributed by atoms with Crippen LogP contribution in [0.3, 0.4) is 0 Å². The molecule has 0 saturated carbocycles. The molecule has 102 valence electrons. The molecule has 0 saturated heterocycles. The first kappa shape index (κ1) is 14.1. The smallest absolute Gasteiger partial charge is 0.147 e. The molecule has 4 heteroatoms. The first-order chi connectivity index (χ1) is 9.10. The molecule has 0 aliphatic rings. The number of hydrogen-bond donors (Lipinski definition) is 0. The first-order valence-electron chi connectivity index (χ1n) is 6.62. The highest BCUT2D eigenvalue weighted by atomic mass is 35.5. The van der Waals surface area contributed by atoms with Crippen LogP contribution in [0, 0.1) is 12.8 Å². The van der Waals surface area contributed by atoms with Crippen LogP contribution in [0.4, 0.5) is 0 Å². The Labute approximate surface area is 119 Å². The minimum atomic E-state index is 0.410. The van der Waals surface area contributed by atoms with Crippen LogP contribution in [-0.2, 0) is 18.8 Å². The average Bonchev–Trinajstić information content (AvgIpc) is 2.74. The van der Waals surface area contributed by atoms with E-state index >= 15 is 0 Å². The molecule has 2 rings (SSSR count). The van der Waals surface area contributed by atoms with Crippen molar-refractivity contribution < 1.29 is 0 Å². The molecule has 2 aromatic rings. The fourth-order valence-electron chi connectivity index (χ4n) is 2.07. The maximum Gasteiger partial charge on any atom is 0.147 e. The number of halogens is 1. The molecule has 3 nitrogen and oxygen atoms in total. The van der Waals surface area contributed by atoms with Crippen LogP contribution in [0.2, 0.25) is 0 Å². The van der Waals surface area contributed by atoms with E-state index in [-0.39, 0.29) is 0 Å². The molecule has 0 aliphatic heterocycles. The van der Waals surface area contributed by atoms with Gasteiger partial charge in [0.15, 0.2) is 0 Å². The van der Waals surface area contributed by atoms with Gasteiger partial charge < -0.3 is 4.57 Å². The van der Waals surface area contributed by atoms with E-state index < -0.39 is 0 Å². The minimum absolute atomic E-state index is 0.410. The van der Waals surface area contributed by atoms with Crippen molar-refractivity contribution in [3.63, 3.8) is 0 Å². The predicted molar refractivity (Wildman–Crippen MR) is 78.4 cm³/mol. The number of aryl methyl sites for hydroxylation is 1. The summed E-state index contributed by atoms with van der Waals surface area (Å²) in [6, 6.07) is 8.54. The van der Waals surface area contributed by atoms with Crippen LogP contribution in [0.15, 0.2) is 24.3 Å². The molecule has 1 aromatic heterocycles. The lowest BCUT2D eigenvalue weighted by atomic mass is 10.1. The Morgan fingerprint density at radius 2 is 1.74 bits per heavy atom.